The van der Waals surface area contributed by atoms with Crippen molar-refractivity contribution in [1.82, 2.24) is 20.6 Å². The Morgan fingerprint density at radius 2 is 1.77 bits per heavy atom. The molecule has 0 unspecified atom stereocenters. The Balaban J connectivity index is 2.11. The van der Waals surface area contributed by atoms with E-state index in [1.54, 1.807) is 24.3 Å². The highest BCUT2D eigenvalue weighted by Crippen LogP contribution is 2.20. The van der Waals surface area contributed by atoms with E-state index in [1.807, 2.05) is 6.92 Å². The van der Waals surface area contributed by atoms with Crippen LogP contribution in [-0.2, 0) is 20.4 Å². The average molecular weight is 435 g/mol. The van der Waals surface area contributed by atoms with Gasteiger partial charge in [0, 0.05) is 37.3 Å². The molecular weight excluding hydrogens is 408 g/mol. The van der Waals surface area contributed by atoms with Gasteiger partial charge in [0.1, 0.15) is 5.82 Å². The summed E-state index contributed by atoms with van der Waals surface area (Å²) in [6.45, 7) is 3.90. The smallest absolute Gasteiger partial charge is 0.319 e. The van der Waals surface area contributed by atoms with Crippen molar-refractivity contribution in [2.24, 2.45) is 0 Å². The third-order valence-electron chi connectivity index (χ3n) is 3.89. The lowest BCUT2D eigenvalue weighted by Gasteiger charge is -2.09. The molecule has 30 heavy (non-hydrogen) atoms. The van der Waals surface area contributed by atoms with Gasteiger partial charge in [0.2, 0.25) is 5.91 Å². The van der Waals surface area contributed by atoms with Gasteiger partial charge >= 0.3 is 6.03 Å². The summed E-state index contributed by atoms with van der Waals surface area (Å²) in [5, 5.41) is 7.88. The summed E-state index contributed by atoms with van der Waals surface area (Å²) in [7, 11) is -3.49. The number of benzene rings is 1. The molecule has 0 saturated carbocycles. The van der Waals surface area contributed by atoms with E-state index in [2.05, 4.69) is 25.9 Å². The van der Waals surface area contributed by atoms with Crippen molar-refractivity contribution in [3.8, 4) is 11.4 Å². The fourth-order valence-electron chi connectivity index (χ4n) is 2.52. The lowest BCUT2D eigenvalue weighted by atomic mass is 10.2. The van der Waals surface area contributed by atoms with Crippen LogP contribution in [-0.4, -0.2) is 49.2 Å². The summed E-state index contributed by atoms with van der Waals surface area (Å²) in [5.74, 6) is -0.382. The quantitative estimate of drug-likeness (QED) is 0.463. The highest BCUT2D eigenvalue weighted by Gasteiger charge is 2.15. The monoisotopic (exact) mass is 434 g/mol. The van der Waals surface area contributed by atoms with Gasteiger partial charge in [0.15, 0.2) is 15.7 Å². The average Bonchev–Trinajstić information content (AvgIpc) is 2.65. The molecule has 0 atom stereocenters. The highest BCUT2D eigenvalue weighted by atomic mass is 32.2. The number of hydrogen-bond donors (Lipinski definition) is 4. The third kappa shape index (κ3) is 7.66. The topological polar surface area (TPSA) is 156 Å². The number of hydrogen-bond acceptors (Lipinski definition) is 7. The van der Waals surface area contributed by atoms with Crippen LogP contribution >= 0.6 is 0 Å². The van der Waals surface area contributed by atoms with Gasteiger partial charge in [-0.2, -0.15) is 0 Å². The molecule has 0 aliphatic heterocycles. The second-order valence-electron chi connectivity index (χ2n) is 6.64. The molecule has 3 amide bonds. The SMILES string of the molecule is CCCNC(=O)Nc1ccc(-c2nc(N)cc(CS(=O)(=O)CCNC(C)=O)n2)cc1. The lowest BCUT2D eigenvalue weighted by Crippen LogP contribution is -2.29. The molecule has 0 radical (unpaired) electrons. The van der Waals surface area contributed by atoms with E-state index in [0.717, 1.165) is 6.42 Å². The minimum absolute atomic E-state index is 0.0331. The van der Waals surface area contributed by atoms with Crippen LogP contribution < -0.4 is 21.7 Å². The first kappa shape index (κ1) is 23.1. The fourth-order valence-corrected chi connectivity index (χ4v) is 3.67. The van der Waals surface area contributed by atoms with Crippen molar-refractivity contribution < 1.29 is 18.0 Å². The maximum absolute atomic E-state index is 12.3. The van der Waals surface area contributed by atoms with E-state index in [1.165, 1.54) is 13.0 Å². The number of nitrogen functional groups attached to an aromatic ring is 1. The van der Waals surface area contributed by atoms with E-state index in [0.29, 0.717) is 17.8 Å². The number of carbonyl (C=O) groups is 2. The van der Waals surface area contributed by atoms with Gasteiger partial charge in [0.05, 0.1) is 17.2 Å². The zero-order valence-electron chi connectivity index (χ0n) is 16.9. The Labute approximate surface area is 175 Å². The Bertz CT molecular complexity index is 993. The predicted octanol–water partition coefficient (Wildman–Crippen LogP) is 1.31. The summed E-state index contributed by atoms with van der Waals surface area (Å²) in [5.41, 5.74) is 7.31. The molecule has 162 valence electrons. The second-order valence-corrected chi connectivity index (χ2v) is 8.83. The van der Waals surface area contributed by atoms with E-state index in [9.17, 15) is 18.0 Å². The Hall–Kier alpha value is -3.21. The number of nitrogens with zero attached hydrogens (tertiary/aromatic N) is 2. The minimum Gasteiger partial charge on any atom is -0.384 e. The first-order chi connectivity index (χ1) is 14.2. The van der Waals surface area contributed by atoms with E-state index in [-0.39, 0.29) is 47.3 Å². The van der Waals surface area contributed by atoms with Gasteiger partial charge < -0.3 is 21.7 Å². The van der Waals surface area contributed by atoms with Crippen molar-refractivity contribution in [3.63, 3.8) is 0 Å². The molecular formula is C19H26N6O4S. The Morgan fingerprint density at radius 1 is 1.07 bits per heavy atom. The van der Waals surface area contributed by atoms with Crippen LogP contribution in [0.2, 0.25) is 0 Å². The van der Waals surface area contributed by atoms with Crippen molar-refractivity contribution in [3.05, 3.63) is 36.0 Å². The molecule has 1 heterocycles. The zero-order valence-corrected chi connectivity index (χ0v) is 17.8. The van der Waals surface area contributed by atoms with Crippen LogP contribution in [0.3, 0.4) is 0 Å². The predicted molar refractivity (Wildman–Crippen MR) is 115 cm³/mol. The van der Waals surface area contributed by atoms with E-state index < -0.39 is 9.84 Å². The molecule has 2 aromatic rings. The van der Waals surface area contributed by atoms with Crippen LogP contribution in [0.4, 0.5) is 16.3 Å². The van der Waals surface area contributed by atoms with E-state index in [4.69, 9.17) is 5.73 Å². The molecule has 0 spiro atoms. The van der Waals surface area contributed by atoms with Crippen LogP contribution in [0, 0.1) is 0 Å². The number of rotatable bonds is 9. The first-order valence-electron chi connectivity index (χ1n) is 9.42. The lowest BCUT2D eigenvalue weighted by molar-refractivity contribution is -0.118. The number of nitrogens with two attached hydrogens (primary N) is 1. The molecule has 11 heteroatoms. The van der Waals surface area contributed by atoms with Gasteiger partial charge in [-0.05, 0) is 30.7 Å². The molecule has 2 rings (SSSR count). The maximum atomic E-state index is 12.3. The third-order valence-corrected chi connectivity index (χ3v) is 5.45. The molecule has 5 N–H and O–H groups in total. The van der Waals surface area contributed by atoms with Crippen LogP contribution in [0.25, 0.3) is 11.4 Å². The van der Waals surface area contributed by atoms with Crippen molar-refractivity contribution in [1.29, 1.82) is 0 Å². The van der Waals surface area contributed by atoms with E-state index >= 15 is 0 Å². The van der Waals surface area contributed by atoms with Gasteiger partial charge in [-0.3, -0.25) is 4.79 Å². The molecule has 0 fully saturated rings. The Kier molecular flexibility index (Phi) is 8.10. The van der Waals surface area contributed by atoms with Crippen LogP contribution in [0.5, 0.6) is 0 Å². The Morgan fingerprint density at radius 3 is 2.40 bits per heavy atom. The zero-order chi connectivity index (χ0) is 22.1. The number of sulfone groups is 1. The summed E-state index contributed by atoms with van der Waals surface area (Å²) in [6, 6.07) is 7.91. The molecule has 1 aromatic heterocycles. The van der Waals surface area contributed by atoms with Gasteiger partial charge in [-0.15, -0.1) is 0 Å². The molecule has 1 aromatic carbocycles. The first-order valence-corrected chi connectivity index (χ1v) is 11.2. The number of carbonyl (C=O) groups excluding carboxylic acids is 2. The number of anilines is 2. The van der Waals surface area contributed by atoms with Crippen LogP contribution in [0.1, 0.15) is 26.0 Å². The molecule has 0 bridgehead atoms. The summed E-state index contributed by atoms with van der Waals surface area (Å²) in [6.07, 6.45) is 0.838. The maximum Gasteiger partial charge on any atom is 0.319 e. The van der Waals surface area contributed by atoms with Crippen molar-refractivity contribution >= 4 is 33.3 Å². The second kappa shape index (κ2) is 10.5. The number of urea groups is 1. The summed E-state index contributed by atoms with van der Waals surface area (Å²) in [4.78, 5) is 31.1. The largest absolute Gasteiger partial charge is 0.384 e. The number of nitrogens with one attached hydrogen (secondary N) is 3. The fraction of sp³-hybridized carbons (Fsp3) is 0.368. The number of aromatic nitrogens is 2. The summed E-state index contributed by atoms with van der Waals surface area (Å²) >= 11 is 0. The van der Waals surface area contributed by atoms with Gasteiger partial charge in [-0.25, -0.2) is 23.2 Å². The molecule has 0 aliphatic carbocycles. The van der Waals surface area contributed by atoms with Crippen molar-refractivity contribution in [2.75, 3.05) is 29.9 Å². The standard InChI is InChI=1S/C19H26N6O4S/c1-3-8-22-19(27)24-15-6-4-14(5-7-15)18-23-16(11-17(20)25-18)12-30(28,29)10-9-21-13(2)26/h4-7,11H,3,8-10,12H2,1-2H3,(H,21,26)(H2,20,23,25)(H2,22,24,27). The van der Waals surface area contributed by atoms with Crippen LogP contribution in [0.15, 0.2) is 30.3 Å². The van der Waals surface area contributed by atoms with Crippen molar-refractivity contribution in [2.45, 2.75) is 26.0 Å². The van der Waals surface area contributed by atoms with Gasteiger partial charge in [-0.1, -0.05) is 6.92 Å². The van der Waals surface area contributed by atoms with Gasteiger partial charge in [0.25, 0.3) is 0 Å². The summed E-state index contributed by atoms with van der Waals surface area (Å²) < 4.78 is 24.5. The number of amides is 3. The molecule has 10 nitrogen and oxygen atoms in total. The normalized spacial score (nSPS) is 11.0. The highest BCUT2D eigenvalue weighted by molar-refractivity contribution is 7.90. The molecule has 0 saturated heterocycles. The minimum atomic E-state index is -3.49. The molecule has 0 aliphatic rings.